The van der Waals surface area contributed by atoms with E-state index < -0.39 is 0 Å². The molecule has 0 heterocycles. The van der Waals surface area contributed by atoms with Crippen molar-refractivity contribution in [3.63, 3.8) is 0 Å². The Labute approximate surface area is 83.2 Å². The van der Waals surface area contributed by atoms with E-state index in [2.05, 4.69) is 31.9 Å². The first-order valence-electron chi connectivity index (χ1n) is 4.59. The maximum absolute atomic E-state index is 5.50. The average Bonchev–Trinajstić information content (AvgIpc) is 2.10. The predicted octanol–water partition coefficient (Wildman–Crippen LogP) is 2.74. The Morgan fingerprint density at radius 2 is 2.08 bits per heavy atom. The van der Waals surface area contributed by atoms with Crippen LogP contribution in [0.3, 0.4) is 0 Å². The van der Waals surface area contributed by atoms with E-state index in [1.54, 1.807) is 6.08 Å². The second-order valence-electron chi connectivity index (χ2n) is 3.15. The zero-order valence-electron chi connectivity index (χ0n) is 8.66. The molecule has 0 fully saturated rings. The molecule has 0 atom stereocenters. The first-order chi connectivity index (χ1) is 6.17. The number of nitrogens with zero attached hydrogens (tertiary/aromatic N) is 1. The Morgan fingerprint density at radius 3 is 2.38 bits per heavy atom. The van der Waals surface area contributed by atoms with Crippen molar-refractivity contribution in [1.29, 1.82) is 0 Å². The second-order valence-corrected chi connectivity index (χ2v) is 3.15. The highest BCUT2D eigenvalue weighted by atomic mass is 15.1. The molecule has 2 heteroatoms. The van der Waals surface area contributed by atoms with Gasteiger partial charge in [-0.25, -0.2) is 0 Å². The van der Waals surface area contributed by atoms with Crippen LogP contribution in [0.15, 0.2) is 37.2 Å². The minimum atomic E-state index is 0.461. The lowest BCUT2D eigenvalue weighted by Crippen LogP contribution is -2.20. The van der Waals surface area contributed by atoms with Gasteiger partial charge in [-0.05, 0) is 18.2 Å². The third kappa shape index (κ3) is 4.02. The van der Waals surface area contributed by atoms with Crippen LogP contribution in [-0.4, -0.2) is 19.3 Å². The maximum atomic E-state index is 5.50. The number of hydrogen-bond donors (Lipinski definition) is 0. The second kappa shape index (κ2) is 6.58. The van der Waals surface area contributed by atoms with E-state index in [0.29, 0.717) is 12.2 Å². The lowest BCUT2D eigenvalue weighted by Gasteiger charge is -2.25. The average molecular weight is 175 g/mol. The topological polar surface area (TPSA) is 3.24 Å². The van der Waals surface area contributed by atoms with Gasteiger partial charge in [-0.1, -0.05) is 39.4 Å². The molecule has 0 saturated carbocycles. The van der Waals surface area contributed by atoms with Crippen molar-refractivity contribution in [2.45, 2.75) is 20.2 Å². The van der Waals surface area contributed by atoms with E-state index in [9.17, 15) is 0 Å². The molecule has 0 saturated heterocycles. The van der Waals surface area contributed by atoms with Gasteiger partial charge in [-0.2, -0.15) is 0 Å². The molecule has 0 aromatic carbocycles. The van der Waals surface area contributed by atoms with Gasteiger partial charge in [0.25, 0.3) is 0 Å². The van der Waals surface area contributed by atoms with Crippen LogP contribution < -0.4 is 0 Å². The van der Waals surface area contributed by atoms with Crippen molar-refractivity contribution < 1.29 is 0 Å². The SMILES string of the molecule is [B]CCN(C=C)/C(=C\C=C)C(C)C. The van der Waals surface area contributed by atoms with E-state index in [1.807, 2.05) is 12.3 Å². The monoisotopic (exact) mass is 175 g/mol. The molecule has 0 aliphatic heterocycles. The summed E-state index contributed by atoms with van der Waals surface area (Å²) in [5.74, 6) is 0.461. The first-order valence-corrected chi connectivity index (χ1v) is 4.59. The molecule has 13 heavy (non-hydrogen) atoms. The third-order valence-corrected chi connectivity index (χ3v) is 1.80. The van der Waals surface area contributed by atoms with Crippen molar-refractivity contribution in [2.75, 3.05) is 6.54 Å². The number of hydrogen-bond acceptors (Lipinski definition) is 1. The summed E-state index contributed by atoms with van der Waals surface area (Å²) >= 11 is 0. The molecule has 0 amide bonds. The molecule has 0 rings (SSSR count). The van der Waals surface area contributed by atoms with Crippen LogP contribution in [0.2, 0.25) is 6.32 Å². The molecule has 0 unspecified atom stereocenters. The summed E-state index contributed by atoms with van der Waals surface area (Å²) in [4.78, 5) is 2.06. The van der Waals surface area contributed by atoms with E-state index in [4.69, 9.17) is 7.85 Å². The van der Waals surface area contributed by atoms with Gasteiger partial charge in [0.15, 0.2) is 0 Å². The Morgan fingerprint density at radius 1 is 1.46 bits per heavy atom. The normalized spacial score (nSPS) is 11.5. The third-order valence-electron chi connectivity index (χ3n) is 1.80. The summed E-state index contributed by atoms with van der Waals surface area (Å²) in [6.45, 7) is 12.5. The highest BCUT2D eigenvalue weighted by Gasteiger charge is 2.07. The van der Waals surface area contributed by atoms with Crippen LogP contribution in [-0.2, 0) is 0 Å². The molecule has 0 aromatic heterocycles. The zero-order valence-corrected chi connectivity index (χ0v) is 8.66. The highest BCUT2D eigenvalue weighted by Crippen LogP contribution is 2.15. The fraction of sp³-hybridized carbons (Fsp3) is 0.455. The standard InChI is InChI=1S/C11H18BN/c1-5-7-11(10(3)4)13(6-2)9-8-12/h5-7,10H,1-2,8-9H2,3-4H3/b11-7-. The Bertz CT molecular complexity index is 194. The molecular weight excluding hydrogens is 157 g/mol. The molecule has 0 bridgehead atoms. The maximum Gasteiger partial charge on any atom is 0.0677 e. The summed E-state index contributed by atoms with van der Waals surface area (Å²) in [6, 6.07) is 0. The van der Waals surface area contributed by atoms with Crippen molar-refractivity contribution in [1.82, 2.24) is 4.90 Å². The van der Waals surface area contributed by atoms with Gasteiger partial charge < -0.3 is 4.90 Å². The van der Waals surface area contributed by atoms with Gasteiger partial charge in [0.05, 0.1) is 7.85 Å². The molecule has 0 N–H and O–H groups in total. The lowest BCUT2D eigenvalue weighted by atomic mass is 10.0. The quantitative estimate of drug-likeness (QED) is 0.443. The Hall–Kier alpha value is -0.915. The Kier molecular flexibility index (Phi) is 6.12. The summed E-state index contributed by atoms with van der Waals surface area (Å²) in [6.07, 6.45) is 6.24. The molecule has 0 aliphatic rings. The van der Waals surface area contributed by atoms with Crippen molar-refractivity contribution in [2.24, 2.45) is 5.92 Å². The smallest absolute Gasteiger partial charge is 0.0677 e. The van der Waals surface area contributed by atoms with Gasteiger partial charge >= 0.3 is 0 Å². The summed E-state index contributed by atoms with van der Waals surface area (Å²) < 4.78 is 0. The fourth-order valence-electron chi connectivity index (χ4n) is 1.21. The van der Waals surface area contributed by atoms with E-state index in [-0.39, 0.29) is 0 Å². The van der Waals surface area contributed by atoms with Gasteiger partial charge in [0.2, 0.25) is 0 Å². The molecule has 0 aliphatic carbocycles. The van der Waals surface area contributed by atoms with Crippen molar-refractivity contribution in [3.8, 4) is 0 Å². The lowest BCUT2D eigenvalue weighted by molar-refractivity contribution is 0.434. The van der Waals surface area contributed by atoms with Crippen LogP contribution in [0, 0.1) is 5.92 Å². The van der Waals surface area contributed by atoms with Gasteiger partial charge in [-0.15, -0.1) is 0 Å². The summed E-state index contributed by atoms with van der Waals surface area (Å²) in [5.41, 5.74) is 1.20. The fourth-order valence-corrected chi connectivity index (χ4v) is 1.21. The van der Waals surface area contributed by atoms with E-state index in [0.717, 1.165) is 6.54 Å². The summed E-state index contributed by atoms with van der Waals surface area (Å²) in [5, 5.41) is 0. The molecule has 0 aromatic rings. The van der Waals surface area contributed by atoms with Crippen LogP contribution in [0.5, 0.6) is 0 Å². The van der Waals surface area contributed by atoms with Crippen LogP contribution in [0.25, 0.3) is 0 Å². The molecule has 0 spiro atoms. The van der Waals surface area contributed by atoms with Gasteiger partial charge in [0.1, 0.15) is 0 Å². The van der Waals surface area contributed by atoms with Crippen molar-refractivity contribution >= 4 is 7.85 Å². The van der Waals surface area contributed by atoms with Gasteiger partial charge in [0, 0.05) is 12.2 Å². The zero-order chi connectivity index (χ0) is 10.3. The highest BCUT2D eigenvalue weighted by molar-refractivity contribution is 6.08. The largest absolute Gasteiger partial charge is 0.352 e. The molecule has 2 radical (unpaired) electrons. The summed E-state index contributed by atoms with van der Waals surface area (Å²) in [7, 11) is 5.50. The molecule has 70 valence electrons. The Balaban J connectivity index is 4.58. The minimum absolute atomic E-state index is 0.461. The number of rotatable bonds is 6. The van der Waals surface area contributed by atoms with E-state index >= 15 is 0 Å². The first kappa shape index (κ1) is 12.1. The van der Waals surface area contributed by atoms with Crippen LogP contribution in [0.1, 0.15) is 13.8 Å². The minimum Gasteiger partial charge on any atom is -0.352 e. The van der Waals surface area contributed by atoms with E-state index in [1.165, 1.54) is 5.70 Å². The van der Waals surface area contributed by atoms with Crippen LogP contribution in [0.4, 0.5) is 0 Å². The van der Waals surface area contributed by atoms with Crippen molar-refractivity contribution in [3.05, 3.63) is 37.2 Å². The predicted molar refractivity (Wildman–Crippen MR) is 60.6 cm³/mol. The molecular formula is C11H18BN. The molecule has 1 nitrogen and oxygen atoms in total. The number of allylic oxidation sites excluding steroid dienone is 3. The van der Waals surface area contributed by atoms with Crippen LogP contribution >= 0.6 is 0 Å². The van der Waals surface area contributed by atoms with Gasteiger partial charge in [-0.3, -0.25) is 0 Å².